The molecule has 1 amide bonds. The predicted molar refractivity (Wildman–Crippen MR) is 77.0 cm³/mol. The van der Waals surface area contributed by atoms with Gasteiger partial charge < -0.3 is 15.3 Å². The van der Waals surface area contributed by atoms with Crippen molar-refractivity contribution in [1.29, 1.82) is 0 Å². The zero-order valence-electron chi connectivity index (χ0n) is 11.8. The van der Waals surface area contributed by atoms with Crippen LogP contribution in [-0.4, -0.2) is 37.1 Å². The van der Waals surface area contributed by atoms with E-state index in [-0.39, 0.29) is 11.5 Å². The number of carboxylic acids is 1. The normalized spacial score (nSPS) is 21.7. The highest BCUT2D eigenvalue weighted by Crippen LogP contribution is 2.33. The molecule has 1 fully saturated rings. The van der Waals surface area contributed by atoms with Crippen molar-refractivity contribution >= 4 is 17.6 Å². The van der Waals surface area contributed by atoms with Crippen molar-refractivity contribution in [2.45, 2.75) is 19.8 Å². The number of benzene rings is 1. The number of anilines is 1. The Morgan fingerprint density at radius 1 is 1.40 bits per heavy atom. The van der Waals surface area contributed by atoms with Crippen LogP contribution in [0.25, 0.3) is 0 Å². The summed E-state index contributed by atoms with van der Waals surface area (Å²) in [4.78, 5) is 25.5. The van der Waals surface area contributed by atoms with Crippen LogP contribution in [0.5, 0.6) is 0 Å². The van der Waals surface area contributed by atoms with E-state index in [0.29, 0.717) is 12.2 Å². The maximum absolute atomic E-state index is 12.8. The molecular weight excluding hydrogens is 256 g/mol. The molecule has 0 bridgehead atoms. The van der Waals surface area contributed by atoms with Crippen molar-refractivity contribution in [2.75, 3.05) is 25.0 Å². The second kappa shape index (κ2) is 5.63. The number of carbonyl (C=O) groups is 2. The van der Waals surface area contributed by atoms with Gasteiger partial charge in [0, 0.05) is 13.6 Å². The number of amides is 1. The van der Waals surface area contributed by atoms with E-state index in [1.54, 1.807) is 25.2 Å². The van der Waals surface area contributed by atoms with Crippen molar-refractivity contribution in [3.63, 3.8) is 0 Å². The highest BCUT2D eigenvalue weighted by Gasteiger charge is 2.41. The number of nitrogens with one attached hydrogen (secondary N) is 1. The Balaban J connectivity index is 2.34. The Bertz CT molecular complexity index is 522. The molecule has 2 rings (SSSR count). The van der Waals surface area contributed by atoms with E-state index in [1.165, 1.54) is 11.0 Å². The summed E-state index contributed by atoms with van der Waals surface area (Å²) in [6, 6.07) is 6.61. The third-order valence-corrected chi connectivity index (χ3v) is 4.17. The van der Waals surface area contributed by atoms with Crippen LogP contribution in [0, 0.1) is 5.41 Å². The van der Waals surface area contributed by atoms with Crippen LogP contribution < -0.4 is 10.2 Å². The lowest BCUT2D eigenvalue weighted by Crippen LogP contribution is -2.43. The third kappa shape index (κ3) is 2.41. The molecule has 1 atom stereocenters. The van der Waals surface area contributed by atoms with E-state index in [9.17, 15) is 14.7 Å². The third-order valence-electron chi connectivity index (χ3n) is 4.17. The molecule has 0 aromatic heterocycles. The molecule has 5 nitrogen and oxygen atoms in total. The van der Waals surface area contributed by atoms with Gasteiger partial charge in [-0.2, -0.15) is 0 Å². The highest BCUT2D eigenvalue weighted by molar-refractivity contribution is 6.03. The molecule has 0 aliphatic carbocycles. The van der Waals surface area contributed by atoms with Crippen LogP contribution in [0.4, 0.5) is 5.69 Å². The minimum absolute atomic E-state index is 0.0151. The largest absolute Gasteiger partial charge is 0.478 e. The number of nitrogens with zero attached hydrogens (tertiary/aromatic N) is 1. The quantitative estimate of drug-likeness (QED) is 0.879. The van der Waals surface area contributed by atoms with Gasteiger partial charge in [0.25, 0.3) is 0 Å². The van der Waals surface area contributed by atoms with Crippen molar-refractivity contribution in [3.05, 3.63) is 29.8 Å². The molecule has 0 radical (unpaired) electrons. The van der Waals surface area contributed by atoms with Gasteiger partial charge in [0.15, 0.2) is 0 Å². The van der Waals surface area contributed by atoms with Gasteiger partial charge in [-0.05, 0) is 31.5 Å². The number of hydrogen-bond acceptors (Lipinski definition) is 3. The van der Waals surface area contributed by atoms with Crippen LogP contribution in [0.3, 0.4) is 0 Å². The molecule has 1 unspecified atom stereocenters. The van der Waals surface area contributed by atoms with Gasteiger partial charge in [-0.15, -0.1) is 0 Å². The van der Waals surface area contributed by atoms with E-state index in [1.807, 2.05) is 6.92 Å². The summed E-state index contributed by atoms with van der Waals surface area (Å²) in [5.74, 6) is -1.03. The van der Waals surface area contributed by atoms with Gasteiger partial charge >= 0.3 is 5.97 Å². The maximum Gasteiger partial charge on any atom is 0.337 e. The van der Waals surface area contributed by atoms with E-state index in [0.717, 1.165) is 19.4 Å². The standard InChI is InChI=1S/C15H20N2O3/c1-3-15(8-9-16-10-15)14(20)17(2)12-7-5-4-6-11(12)13(18)19/h4-7,16H,3,8-10H2,1-2H3,(H,18,19). The predicted octanol–water partition coefficient (Wildman–Crippen LogP) is 1.74. The summed E-state index contributed by atoms with van der Waals surface area (Å²) in [6.07, 6.45) is 1.54. The molecule has 0 saturated carbocycles. The Morgan fingerprint density at radius 3 is 2.65 bits per heavy atom. The molecule has 108 valence electrons. The molecule has 5 heteroatoms. The fourth-order valence-corrected chi connectivity index (χ4v) is 2.79. The lowest BCUT2D eigenvalue weighted by atomic mass is 9.82. The number of hydrogen-bond donors (Lipinski definition) is 2. The smallest absolute Gasteiger partial charge is 0.337 e. The minimum atomic E-state index is -1.02. The first-order valence-electron chi connectivity index (χ1n) is 6.83. The van der Waals surface area contributed by atoms with E-state index >= 15 is 0 Å². The minimum Gasteiger partial charge on any atom is -0.478 e. The molecule has 1 aromatic rings. The highest BCUT2D eigenvalue weighted by atomic mass is 16.4. The van der Waals surface area contributed by atoms with Crippen molar-refractivity contribution in [1.82, 2.24) is 5.32 Å². The van der Waals surface area contributed by atoms with Gasteiger partial charge in [0.1, 0.15) is 0 Å². The van der Waals surface area contributed by atoms with Gasteiger partial charge in [-0.25, -0.2) is 4.79 Å². The second-order valence-corrected chi connectivity index (χ2v) is 5.25. The van der Waals surface area contributed by atoms with Crippen LogP contribution in [-0.2, 0) is 4.79 Å². The summed E-state index contributed by atoms with van der Waals surface area (Å²) in [5, 5.41) is 12.5. The Hall–Kier alpha value is -1.88. The molecule has 1 saturated heterocycles. The SMILES string of the molecule is CCC1(C(=O)N(C)c2ccccc2C(=O)O)CCNC1. The first-order valence-corrected chi connectivity index (χ1v) is 6.83. The van der Waals surface area contributed by atoms with E-state index < -0.39 is 11.4 Å². The zero-order valence-corrected chi connectivity index (χ0v) is 11.8. The number of rotatable bonds is 4. The van der Waals surface area contributed by atoms with Crippen LogP contribution in [0.15, 0.2) is 24.3 Å². The summed E-state index contributed by atoms with van der Waals surface area (Å²) in [7, 11) is 1.65. The van der Waals surface area contributed by atoms with Crippen molar-refractivity contribution in [3.8, 4) is 0 Å². The number of para-hydroxylation sites is 1. The molecule has 1 aromatic carbocycles. The summed E-state index contributed by atoms with van der Waals surface area (Å²) in [6.45, 7) is 3.48. The average Bonchev–Trinajstić information content (AvgIpc) is 2.95. The number of aromatic carboxylic acids is 1. The van der Waals surface area contributed by atoms with Crippen LogP contribution >= 0.6 is 0 Å². The van der Waals surface area contributed by atoms with Gasteiger partial charge in [-0.3, -0.25) is 4.79 Å². The summed E-state index contributed by atoms with van der Waals surface area (Å²) in [5.41, 5.74) is 0.186. The molecule has 20 heavy (non-hydrogen) atoms. The van der Waals surface area contributed by atoms with E-state index in [4.69, 9.17) is 0 Å². The average molecular weight is 276 g/mol. The van der Waals surface area contributed by atoms with E-state index in [2.05, 4.69) is 5.32 Å². The van der Waals surface area contributed by atoms with Gasteiger partial charge in [0.2, 0.25) is 5.91 Å². The Kier molecular flexibility index (Phi) is 4.09. The summed E-state index contributed by atoms with van der Waals surface area (Å²) < 4.78 is 0. The lowest BCUT2D eigenvalue weighted by Gasteiger charge is -2.31. The fourth-order valence-electron chi connectivity index (χ4n) is 2.79. The first-order chi connectivity index (χ1) is 9.52. The van der Waals surface area contributed by atoms with Crippen LogP contribution in [0.1, 0.15) is 30.1 Å². The van der Waals surface area contributed by atoms with Gasteiger partial charge in [0.05, 0.1) is 16.7 Å². The van der Waals surface area contributed by atoms with Crippen LogP contribution in [0.2, 0.25) is 0 Å². The monoisotopic (exact) mass is 276 g/mol. The zero-order chi connectivity index (χ0) is 14.8. The summed E-state index contributed by atoms with van der Waals surface area (Å²) >= 11 is 0. The molecule has 2 N–H and O–H groups in total. The second-order valence-electron chi connectivity index (χ2n) is 5.25. The Labute approximate surface area is 118 Å². The molecule has 1 heterocycles. The lowest BCUT2D eigenvalue weighted by molar-refractivity contribution is -0.127. The fraction of sp³-hybridized carbons (Fsp3) is 0.467. The number of carboxylic acid groups (broad SMARTS) is 1. The molecule has 1 aliphatic rings. The van der Waals surface area contributed by atoms with Crippen molar-refractivity contribution < 1.29 is 14.7 Å². The molecule has 0 spiro atoms. The Morgan fingerprint density at radius 2 is 2.10 bits per heavy atom. The van der Waals surface area contributed by atoms with Gasteiger partial charge in [-0.1, -0.05) is 19.1 Å². The maximum atomic E-state index is 12.8. The molecular formula is C15H20N2O3. The first kappa shape index (κ1) is 14.5. The number of carbonyl (C=O) groups excluding carboxylic acids is 1. The topological polar surface area (TPSA) is 69.6 Å². The molecule has 1 aliphatic heterocycles. The van der Waals surface area contributed by atoms with Crippen molar-refractivity contribution in [2.24, 2.45) is 5.41 Å².